The summed E-state index contributed by atoms with van der Waals surface area (Å²) in [5.41, 5.74) is 0. The number of phenols is 1. The monoisotopic (exact) mass is 258 g/mol. The zero-order chi connectivity index (χ0) is 10.3. The first-order valence-electron chi connectivity index (χ1n) is 3.86. The first-order valence-corrected chi connectivity index (χ1v) is 4.65. The van der Waals surface area contributed by atoms with Gasteiger partial charge in [-0.25, -0.2) is 8.78 Å². The van der Waals surface area contributed by atoms with Crippen LogP contribution in [0.2, 0.25) is 0 Å². The van der Waals surface area contributed by atoms with E-state index in [1.165, 1.54) is 12.1 Å². The normalized spacial score (nSPS) is 10.8. The Morgan fingerprint density at radius 1 is 1.21 bits per heavy atom. The van der Waals surface area contributed by atoms with E-state index < -0.39 is 17.4 Å². The Bertz CT molecular complexity index is 511. The van der Waals surface area contributed by atoms with Crippen LogP contribution < -0.4 is 0 Å². The maximum atomic E-state index is 13.4. The lowest BCUT2D eigenvalue weighted by Crippen LogP contribution is -1.86. The molecule has 0 unspecified atom stereocenters. The van der Waals surface area contributed by atoms with Gasteiger partial charge >= 0.3 is 0 Å². The lowest BCUT2D eigenvalue weighted by molar-refractivity contribution is 0.431. The Morgan fingerprint density at radius 2 is 1.93 bits per heavy atom. The van der Waals surface area contributed by atoms with Gasteiger partial charge in [0.25, 0.3) is 0 Å². The van der Waals surface area contributed by atoms with E-state index in [9.17, 15) is 13.9 Å². The van der Waals surface area contributed by atoms with Gasteiger partial charge in [0.05, 0.1) is 9.86 Å². The van der Waals surface area contributed by atoms with Crippen LogP contribution in [0.15, 0.2) is 28.7 Å². The van der Waals surface area contributed by atoms with E-state index in [4.69, 9.17) is 0 Å². The second kappa shape index (κ2) is 3.20. The van der Waals surface area contributed by atoms with Crippen molar-refractivity contribution in [2.75, 3.05) is 0 Å². The maximum Gasteiger partial charge on any atom is 0.176 e. The van der Waals surface area contributed by atoms with Crippen LogP contribution in [0.5, 0.6) is 5.75 Å². The molecule has 0 aliphatic rings. The van der Waals surface area contributed by atoms with Gasteiger partial charge in [-0.1, -0.05) is 12.1 Å². The summed E-state index contributed by atoms with van der Waals surface area (Å²) in [6.45, 7) is 0. The lowest BCUT2D eigenvalue weighted by atomic mass is 10.1. The highest BCUT2D eigenvalue weighted by atomic mass is 79.9. The molecule has 2 rings (SSSR count). The largest absolute Gasteiger partial charge is 0.504 e. The molecule has 72 valence electrons. The summed E-state index contributed by atoms with van der Waals surface area (Å²) in [7, 11) is 0. The molecule has 2 aromatic rings. The summed E-state index contributed by atoms with van der Waals surface area (Å²) in [5, 5.41) is 9.46. The topological polar surface area (TPSA) is 20.2 Å². The molecule has 0 aliphatic carbocycles. The molecular weight excluding hydrogens is 254 g/mol. The van der Waals surface area contributed by atoms with E-state index in [1.54, 1.807) is 6.07 Å². The molecule has 0 radical (unpaired) electrons. The molecule has 0 saturated heterocycles. The first kappa shape index (κ1) is 9.40. The quantitative estimate of drug-likeness (QED) is 0.766. The van der Waals surface area contributed by atoms with Crippen LogP contribution in [-0.2, 0) is 0 Å². The Hall–Kier alpha value is -1.16. The third kappa shape index (κ3) is 1.26. The molecule has 4 heteroatoms. The van der Waals surface area contributed by atoms with Gasteiger partial charge in [0, 0.05) is 0 Å². The number of fused-ring (bicyclic) bond motifs is 1. The Labute approximate surface area is 87.1 Å². The van der Waals surface area contributed by atoms with Crippen molar-refractivity contribution in [1.29, 1.82) is 0 Å². The third-order valence-corrected chi connectivity index (χ3v) is 2.59. The zero-order valence-electron chi connectivity index (χ0n) is 6.89. The van der Waals surface area contributed by atoms with Gasteiger partial charge in [-0.05, 0) is 33.4 Å². The SMILES string of the molecule is Oc1c(Br)cc2cccc(F)c2c1F. The van der Waals surface area contributed by atoms with Crippen molar-refractivity contribution in [3.8, 4) is 5.75 Å². The Kier molecular flexibility index (Phi) is 2.15. The molecule has 0 amide bonds. The van der Waals surface area contributed by atoms with Crippen LogP contribution in [0.3, 0.4) is 0 Å². The van der Waals surface area contributed by atoms with E-state index in [1.807, 2.05) is 0 Å². The highest BCUT2D eigenvalue weighted by molar-refractivity contribution is 9.10. The molecule has 0 fully saturated rings. The number of rotatable bonds is 0. The van der Waals surface area contributed by atoms with E-state index in [-0.39, 0.29) is 9.86 Å². The van der Waals surface area contributed by atoms with Crippen molar-refractivity contribution < 1.29 is 13.9 Å². The smallest absolute Gasteiger partial charge is 0.176 e. The summed E-state index contributed by atoms with van der Waals surface area (Å²) in [5.74, 6) is -2.18. The molecule has 0 saturated carbocycles. The molecule has 0 spiro atoms. The predicted molar refractivity (Wildman–Crippen MR) is 53.2 cm³/mol. The van der Waals surface area contributed by atoms with E-state index in [0.717, 1.165) is 6.07 Å². The number of benzene rings is 2. The van der Waals surface area contributed by atoms with Gasteiger partial charge in [-0.3, -0.25) is 0 Å². The zero-order valence-corrected chi connectivity index (χ0v) is 8.48. The summed E-state index contributed by atoms with van der Waals surface area (Å²) < 4.78 is 26.8. The Balaban J connectivity index is 2.99. The molecule has 14 heavy (non-hydrogen) atoms. The van der Waals surface area contributed by atoms with Crippen molar-refractivity contribution in [3.63, 3.8) is 0 Å². The highest BCUT2D eigenvalue weighted by Crippen LogP contribution is 2.34. The molecule has 1 N–H and O–H groups in total. The first-order chi connectivity index (χ1) is 6.61. The Morgan fingerprint density at radius 3 is 2.64 bits per heavy atom. The van der Waals surface area contributed by atoms with Crippen LogP contribution in [0.1, 0.15) is 0 Å². The van der Waals surface area contributed by atoms with Crippen LogP contribution in [0.4, 0.5) is 8.78 Å². The van der Waals surface area contributed by atoms with Crippen LogP contribution in [0, 0.1) is 11.6 Å². The molecule has 0 heterocycles. The van der Waals surface area contributed by atoms with Gasteiger partial charge < -0.3 is 5.11 Å². The van der Waals surface area contributed by atoms with Crippen molar-refractivity contribution >= 4 is 26.7 Å². The minimum Gasteiger partial charge on any atom is -0.504 e. The lowest BCUT2D eigenvalue weighted by Gasteiger charge is -2.04. The van der Waals surface area contributed by atoms with Gasteiger partial charge in [0.1, 0.15) is 5.82 Å². The number of hydrogen-bond donors (Lipinski definition) is 1. The second-order valence-electron chi connectivity index (χ2n) is 2.86. The number of hydrogen-bond acceptors (Lipinski definition) is 1. The van der Waals surface area contributed by atoms with Crippen molar-refractivity contribution in [1.82, 2.24) is 0 Å². The number of phenolic OH excluding ortho intramolecular Hbond substituents is 1. The predicted octanol–water partition coefficient (Wildman–Crippen LogP) is 3.59. The van der Waals surface area contributed by atoms with E-state index in [2.05, 4.69) is 15.9 Å². The van der Waals surface area contributed by atoms with Gasteiger partial charge in [-0.2, -0.15) is 0 Å². The third-order valence-electron chi connectivity index (χ3n) is 1.98. The maximum absolute atomic E-state index is 13.4. The highest BCUT2D eigenvalue weighted by Gasteiger charge is 2.13. The molecule has 0 aromatic heterocycles. The minimum absolute atomic E-state index is 0.187. The van der Waals surface area contributed by atoms with Gasteiger partial charge in [0.2, 0.25) is 0 Å². The van der Waals surface area contributed by atoms with Gasteiger partial charge in [-0.15, -0.1) is 0 Å². The molecule has 0 atom stereocenters. The second-order valence-corrected chi connectivity index (χ2v) is 3.71. The summed E-state index contributed by atoms with van der Waals surface area (Å²) >= 11 is 2.98. The van der Waals surface area contributed by atoms with Crippen LogP contribution in [-0.4, -0.2) is 5.11 Å². The average Bonchev–Trinajstić information content (AvgIpc) is 2.14. The number of halogens is 3. The molecular formula is C10H5BrF2O. The van der Waals surface area contributed by atoms with E-state index in [0.29, 0.717) is 5.39 Å². The fourth-order valence-corrected chi connectivity index (χ4v) is 1.74. The molecule has 0 bridgehead atoms. The fraction of sp³-hybridized carbons (Fsp3) is 0. The summed E-state index contributed by atoms with van der Waals surface area (Å²) in [6.07, 6.45) is 0. The molecule has 1 nitrogen and oxygen atoms in total. The minimum atomic E-state index is -0.938. The van der Waals surface area contributed by atoms with Gasteiger partial charge in [0.15, 0.2) is 11.6 Å². The standard InChI is InChI=1S/C10H5BrF2O/c11-6-4-5-2-1-3-7(12)8(5)9(13)10(6)14/h1-4,14H. The molecule has 0 aliphatic heterocycles. The summed E-state index contributed by atoms with van der Waals surface area (Å²) in [4.78, 5) is 0. The van der Waals surface area contributed by atoms with E-state index >= 15 is 0 Å². The average molecular weight is 259 g/mol. The van der Waals surface area contributed by atoms with Crippen LogP contribution >= 0.6 is 15.9 Å². The van der Waals surface area contributed by atoms with Crippen molar-refractivity contribution in [2.24, 2.45) is 0 Å². The molecule has 2 aromatic carbocycles. The van der Waals surface area contributed by atoms with Crippen molar-refractivity contribution in [2.45, 2.75) is 0 Å². The van der Waals surface area contributed by atoms with Crippen molar-refractivity contribution in [3.05, 3.63) is 40.4 Å². The van der Waals surface area contributed by atoms with Crippen LogP contribution in [0.25, 0.3) is 10.8 Å². The summed E-state index contributed by atoms with van der Waals surface area (Å²) in [6, 6.07) is 5.68. The number of aromatic hydroxyl groups is 1. The fourth-order valence-electron chi connectivity index (χ4n) is 1.32.